The zero-order valence-electron chi connectivity index (χ0n) is 19.9. The van der Waals surface area contributed by atoms with Crippen molar-refractivity contribution in [2.45, 2.75) is 82.1 Å². The summed E-state index contributed by atoms with van der Waals surface area (Å²) in [5.41, 5.74) is 0.877. The molecule has 1 saturated carbocycles. The molecule has 6 rings (SSSR count). The number of hydrogen-bond acceptors (Lipinski definition) is 6. The van der Waals surface area contributed by atoms with E-state index >= 15 is 0 Å². The summed E-state index contributed by atoms with van der Waals surface area (Å²) in [7, 11) is 2.24. The number of rotatable bonds is 7. The molecule has 1 N–H and O–H groups in total. The quantitative estimate of drug-likeness (QED) is 0.539. The highest BCUT2D eigenvalue weighted by Crippen LogP contribution is 2.42. The molecule has 3 fully saturated rings. The van der Waals surface area contributed by atoms with Crippen molar-refractivity contribution in [2.75, 3.05) is 7.05 Å². The van der Waals surface area contributed by atoms with Gasteiger partial charge in [-0.3, -0.25) is 9.36 Å². The van der Waals surface area contributed by atoms with Gasteiger partial charge in [-0.15, -0.1) is 11.3 Å². The lowest BCUT2D eigenvalue weighted by molar-refractivity contribution is 0.0286. The lowest BCUT2D eigenvalue weighted by Gasteiger charge is -2.36. The highest BCUT2D eigenvalue weighted by molar-refractivity contribution is 7.18. The van der Waals surface area contributed by atoms with Crippen LogP contribution in [0.15, 0.2) is 41.5 Å². The maximum absolute atomic E-state index is 13.2. The zero-order chi connectivity index (χ0) is 23.4. The molecule has 1 aromatic carbocycles. The minimum atomic E-state index is -0.610. The smallest absolute Gasteiger partial charge is 0.275 e. The predicted molar refractivity (Wildman–Crippen MR) is 135 cm³/mol. The molecule has 34 heavy (non-hydrogen) atoms. The molecule has 7 heteroatoms. The molecule has 4 atom stereocenters. The maximum Gasteiger partial charge on any atom is 0.275 e. The van der Waals surface area contributed by atoms with Crippen LogP contribution >= 0.6 is 11.3 Å². The molecule has 1 unspecified atom stereocenters. The van der Waals surface area contributed by atoms with Gasteiger partial charge in [-0.25, -0.2) is 4.98 Å². The Morgan fingerprint density at radius 1 is 1.15 bits per heavy atom. The Hall–Kier alpha value is -2.22. The maximum atomic E-state index is 13.2. The molecule has 2 bridgehead atoms. The van der Waals surface area contributed by atoms with Crippen molar-refractivity contribution >= 4 is 21.6 Å². The van der Waals surface area contributed by atoms with Crippen molar-refractivity contribution < 1.29 is 9.84 Å². The van der Waals surface area contributed by atoms with Gasteiger partial charge in [0.25, 0.3) is 5.56 Å². The molecule has 4 heterocycles. The molecular formula is C27H33N3O3S. The first-order chi connectivity index (χ1) is 16.4. The van der Waals surface area contributed by atoms with Gasteiger partial charge < -0.3 is 14.7 Å². The molecule has 0 amide bonds. The second-order valence-corrected chi connectivity index (χ2v) is 11.9. The van der Waals surface area contributed by atoms with Gasteiger partial charge in [-0.05, 0) is 102 Å². The number of aryl methyl sites for hydroxylation is 1. The Kier molecular flexibility index (Phi) is 5.54. The van der Waals surface area contributed by atoms with E-state index in [0.29, 0.717) is 22.7 Å². The standard InChI is InChI=1S/C27H33N3O3S/c1-27(32,17-3-4-17)12-11-23-15-24-25(34-23)26(31)30(16-28-24)18-7-9-21(10-8-18)33-22-13-19-5-6-20(14-22)29(19)2/h7-10,15-17,19-20,22,32H,3-6,11-14H2,1-2H3/t19-,20+,22+,27?. The molecule has 2 saturated heterocycles. The first-order valence-corrected chi connectivity index (χ1v) is 13.4. The molecule has 3 aromatic rings. The Balaban J connectivity index is 1.16. The van der Waals surface area contributed by atoms with Crippen LogP contribution in [0.3, 0.4) is 0 Å². The van der Waals surface area contributed by atoms with E-state index in [9.17, 15) is 9.90 Å². The van der Waals surface area contributed by atoms with E-state index < -0.39 is 5.60 Å². The molecule has 0 spiro atoms. The molecule has 1 aliphatic carbocycles. The fraction of sp³-hybridized carbons (Fsp3) is 0.556. The molecule has 6 nitrogen and oxygen atoms in total. The van der Waals surface area contributed by atoms with Crippen LogP contribution in [-0.2, 0) is 6.42 Å². The summed E-state index contributed by atoms with van der Waals surface area (Å²) in [6, 6.07) is 11.1. The second kappa shape index (κ2) is 8.47. The van der Waals surface area contributed by atoms with Crippen LogP contribution in [0.1, 0.15) is 56.7 Å². The van der Waals surface area contributed by atoms with Crippen molar-refractivity contribution in [1.29, 1.82) is 0 Å². The van der Waals surface area contributed by atoms with Crippen molar-refractivity contribution in [3.8, 4) is 11.4 Å². The van der Waals surface area contributed by atoms with Gasteiger partial charge in [0.2, 0.25) is 0 Å². The Morgan fingerprint density at radius 3 is 2.53 bits per heavy atom. The van der Waals surface area contributed by atoms with Gasteiger partial charge in [-0.1, -0.05) is 0 Å². The van der Waals surface area contributed by atoms with E-state index in [1.165, 1.54) is 24.2 Å². The largest absolute Gasteiger partial charge is 0.490 e. The number of benzene rings is 1. The van der Waals surface area contributed by atoms with Gasteiger partial charge >= 0.3 is 0 Å². The minimum Gasteiger partial charge on any atom is -0.490 e. The average Bonchev–Trinajstić information content (AvgIpc) is 3.57. The number of thiophene rings is 1. The summed E-state index contributed by atoms with van der Waals surface area (Å²) < 4.78 is 8.59. The highest BCUT2D eigenvalue weighted by atomic mass is 32.1. The van der Waals surface area contributed by atoms with Crippen LogP contribution in [0, 0.1) is 5.92 Å². The van der Waals surface area contributed by atoms with E-state index in [1.54, 1.807) is 10.9 Å². The summed E-state index contributed by atoms with van der Waals surface area (Å²) in [6.07, 6.45) is 10.4. The van der Waals surface area contributed by atoms with Crippen LogP contribution < -0.4 is 10.3 Å². The second-order valence-electron chi connectivity index (χ2n) is 10.7. The monoisotopic (exact) mass is 479 g/mol. The van der Waals surface area contributed by atoms with Gasteiger partial charge in [0, 0.05) is 17.0 Å². The third-order valence-electron chi connectivity index (χ3n) is 8.30. The van der Waals surface area contributed by atoms with E-state index in [1.807, 2.05) is 37.3 Å². The summed E-state index contributed by atoms with van der Waals surface area (Å²) in [4.78, 5) is 21.4. The zero-order valence-corrected chi connectivity index (χ0v) is 20.8. The Morgan fingerprint density at radius 2 is 1.85 bits per heavy atom. The average molecular weight is 480 g/mol. The van der Waals surface area contributed by atoms with E-state index in [2.05, 4.69) is 16.9 Å². The minimum absolute atomic E-state index is 0.0456. The van der Waals surface area contributed by atoms with Gasteiger partial charge in [-0.2, -0.15) is 0 Å². The SMILES string of the molecule is CN1[C@@H]2CC[C@H]1C[C@@H](Oc1ccc(-n3cnc4cc(CCC(C)(O)C5CC5)sc4c3=O)cc1)C2. The van der Waals surface area contributed by atoms with Crippen LogP contribution in [-0.4, -0.2) is 50.4 Å². The van der Waals surface area contributed by atoms with E-state index in [0.717, 1.165) is 60.4 Å². The Bertz CT molecular complexity index is 1230. The van der Waals surface area contributed by atoms with Crippen LogP contribution in [0.5, 0.6) is 5.75 Å². The fourth-order valence-electron chi connectivity index (χ4n) is 5.89. The Labute approximate surface area is 204 Å². The number of aliphatic hydroxyl groups is 1. The molecular weight excluding hydrogens is 446 g/mol. The number of piperidine rings is 1. The van der Waals surface area contributed by atoms with Crippen molar-refractivity contribution in [1.82, 2.24) is 14.5 Å². The molecule has 180 valence electrons. The molecule has 2 aliphatic heterocycles. The summed E-state index contributed by atoms with van der Waals surface area (Å²) >= 11 is 1.50. The first kappa shape index (κ1) is 22.3. The van der Waals surface area contributed by atoms with E-state index in [4.69, 9.17) is 4.74 Å². The van der Waals surface area contributed by atoms with Crippen LogP contribution in [0.4, 0.5) is 0 Å². The lowest BCUT2D eigenvalue weighted by atomic mass is 9.94. The van der Waals surface area contributed by atoms with Gasteiger partial charge in [0.15, 0.2) is 0 Å². The number of aromatic nitrogens is 2. The molecule has 0 radical (unpaired) electrons. The van der Waals surface area contributed by atoms with Crippen molar-refractivity contribution in [2.24, 2.45) is 5.92 Å². The van der Waals surface area contributed by atoms with E-state index in [-0.39, 0.29) is 11.7 Å². The topological polar surface area (TPSA) is 67.6 Å². The first-order valence-electron chi connectivity index (χ1n) is 12.6. The highest BCUT2D eigenvalue weighted by Gasteiger charge is 2.40. The molecule has 2 aromatic heterocycles. The number of nitrogens with zero attached hydrogens (tertiary/aromatic N) is 3. The fourth-order valence-corrected chi connectivity index (χ4v) is 6.93. The van der Waals surface area contributed by atoms with Gasteiger partial charge in [0.1, 0.15) is 22.9 Å². The lowest BCUT2D eigenvalue weighted by Crippen LogP contribution is -2.43. The van der Waals surface area contributed by atoms with Gasteiger partial charge in [0.05, 0.1) is 16.8 Å². The summed E-state index contributed by atoms with van der Waals surface area (Å²) in [6.45, 7) is 1.94. The van der Waals surface area contributed by atoms with Crippen LogP contribution in [0.2, 0.25) is 0 Å². The summed E-state index contributed by atoms with van der Waals surface area (Å²) in [5.74, 6) is 1.29. The predicted octanol–water partition coefficient (Wildman–Crippen LogP) is 4.54. The van der Waals surface area contributed by atoms with Crippen molar-refractivity contribution in [3.63, 3.8) is 0 Å². The third kappa shape index (κ3) is 4.18. The molecule has 3 aliphatic rings. The third-order valence-corrected chi connectivity index (χ3v) is 9.47. The van der Waals surface area contributed by atoms with Crippen molar-refractivity contribution in [3.05, 3.63) is 51.9 Å². The normalized spacial score (nSPS) is 26.6. The number of hydrogen-bond donors (Lipinski definition) is 1. The number of ether oxygens (including phenoxy) is 1. The summed E-state index contributed by atoms with van der Waals surface area (Å²) in [5, 5.41) is 10.6. The number of fused-ring (bicyclic) bond motifs is 3. The van der Waals surface area contributed by atoms with Crippen LogP contribution in [0.25, 0.3) is 15.9 Å².